The van der Waals surface area contributed by atoms with Crippen molar-refractivity contribution in [2.24, 2.45) is 0 Å². The smallest absolute Gasteiger partial charge is 0.0210 e. The Balaban J connectivity index is 2.34. The van der Waals surface area contributed by atoms with E-state index in [9.17, 15) is 0 Å². The van der Waals surface area contributed by atoms with Crippen LogP contribution in [0.25, 0.3) is 11.1 Å². The van der Waals surface area contributed by atoms with E-state index in [1.807, 2.05) is 0 Å². The van der Waals surface area contributed by atoms with E-state index >= 15 is 0 Å². The molecule has 0 radical (unpaired) electrons. The summed E-state index contributed by atoms with van der Waals surface area (Å²) in [7, 11) is 0. The van der Waals surface area contributed by atoms with Gasteiger partial charge in [0.25, 0.3) is 0 Å². The molecule has 2 heteroatoms. The zero-order valence-electron chi connectivity index (χ0n) is 10.7. The van der Waals surface area contributed by atoms with Crippen LogP contribution in [0.15, 0.2) is 27.1 Å². The molecule has 0 atom stereocenters. The van der Waals surface area contributed by atoms with Gasteiger partial charge >= 0.3 is 0 Å². The minimum Gasteiger partial charge on any atom is -0.0505 e. The topological polar surface area (TPSA) is 0 Å². The van der Waals surface area contributed by atoms with Crippen molar-refractivity contribution in [2.75, 3.05) is 0 Å². The first-order valence-electron chi connectivity index (χ1n) is 6.07. The molecule has 2 aromatic rings. The van der Waals surface area contributed by atoms with Crippen LogP contribution >= 0.6 is 31.9 Å². The molecular formula is C16H14Br2. The lowest BCUT2D eigenvalue weighted by atomic mass is 9.96. The molecule has 92 valence electrons. The molecule has 0 amide bonds. The Hall–Kier alpha value is -0.600. The molecule has 0 spiro atoms. The van der Waals surface area contributed by atoms with Gasteiger partial charge in [0.1, 0.15) is 0 Å². The third kappa shape index (κ3) is 1.70. The van der Waals surface area contributed by atoms with Crippen molar-refractivity contribution < 1.29 is 0 Å². The SMILES string of the molecule is Cc1cc2c(cc1Br)Cc1cc(Br)c(C)c(C)c1-2. The first-order chi connectivity index (χ1) is 8.49. The van der Waals surface area contributed by atoms with Crippen LogP contribution in [0.1, 0.15) is 27.8 Å². The third-order valence-corrected chi connectivity index (χ3v) is 5.63. The lowest BCUT2D eigenvalue weighted by Crippen LogP contribution is -1.90. The monoisotopic (exact) mass is 364 g/mol. The number of halogens is 2. The van der Waals surface area contributed by atoms with Crippen LogP contribution in [0.2, 0.25) is 0 Å². The summed E-state index contributed by atoms with van der Waals surface area (Å²) in [6.45, 7) is 6.57. The second kappa shape index (κ2) is 4.21. The highest BCUT2D eigenvalue weighted by atomic mass is 79.9. The van der Waals surface area contributed by atoms with E-state index in [1.165, 1.54) is 47.9 Å². The van der Waals surface area contributed by atoms with Crippen LogP contribution in [-0.2, 0) is 6.42 Å². The van der Waals surface area contributed by atoms with Gasteiger partial charge < -0.3 is 0 Å². The van der Waals surface area contributed by atoms with Crippen LogP contribution in [0.4, 0.5) is 0 Å². The van der Waals surface area contributed by atoms with Crippen molar-refractivity contribution in [1.82, 2.24) is 0 Å². The molecule has 0 fully saturated rings. The Labute approximate surface area is 125 Å². The third-order valence-electron chi connectivity index (χ3n) is 3.95. The number of benzene rings is 2. The molecule has 0 aliphatic heterocycles. The molecule has 2 aromatic carbocycles. The fraction of sp³-hybridized carbons (Fsp3) is 0.250. The average molecular weight is 366 g/mol. The van der Waals surface area contributed by atoms with E-state index in [0.29, 0.717) is 0 Å². The molecule has 0 saturated carbocycles. The van der Waals surface area contributed by atoms with Gasteiger partial charge in [-0.3, -0.25) is 0 Å². The Bertz CT molecular complexity index is 670. The molecule has 18 heavy (non-hydrogen) atoms. The number of hydrogen-bond acceptors (Lipinski definition) is 0. The molecule has 0 unspecified atom stereocenters. The maximum absolute atomic E-state index is 3.66. The molecule has 0 aromatic heterocycles. The Morgan fingerprint density at radius 3 is 2.22 bits per heavy atom. The lowest BCUT2D eigenvalue weighted by molar-refractivity contribution is 1.22. The Morgan fingerprint density at radius 1 is 0.833 bits per heavy atom. The summed E-state index contributed by atoms with van der Waals surface area (Å²) >= 11 is 7.30. The second-order valence-corrected chi connectivity index (χ2v) is 6.79. The van der Waals surface area contributed by atoms with Gasteiger partial charge in [0.05, 0.1) is 0 Å². The van der Waals surface area contributed by atoms with E-state index in [1.54, 1.807) is 0 Å². The minimum absolute atomic E-state index is 1.04. The van der Waals surface area contributed by atoms with E-state index in [4.69, 9.17) is 0 Å². The van der Waals surface area contributed by atoms with Crippen molar-refractivity contribution in [1.29, 1.82) is 0 Å². The van der Waals surface area contributed by atoms with Crippen LogP contribution < -0.4 is 0 Å². The standard InChI is InChI=1S/C16H14Br2/c1-8-4-13-11(6-14(8)17)5-12-7-15(18)9(2)10(3)16(12)13/h4,6-7H,5H2,1-3H3. The Kier molecular flexibility index (Phi) is 2.91. The van der Waals surface area contributed by atoms with Crippen LogP contribution in [0.5, 0.6) is 0 Å². The van der Waals surface area contributed by atoms with Gasteiger partial charge in [-0.15, -0.1) is 0 Å². The van der Waals surface area contributed by atoms with Crippen molar-refractivity contribution in [2.45, 2.75) is 27.2 Å². The summed E-state index contributed by atoms with van der Waals surface area (Å²) < 4.78 is 2.44. The summed E-state index contributed by atoms with van der Waals surface area (Å²) in [6, 6.07) is 6.86. The van der Waals surface area contributed by atoms with Gasteiger partial charge in [-0.25, -0.2) is 0 Å². The molecule has 0 N–H and O–H groups in total. The highest BCUT2D eigenvalue weighted by molar-refractivity contribution is 9.10. The first kappa shape index (κ1) is 12.4. The van der Waals surface area contributed by atoms with Gasteiger partial charge in [0.15, 0.2) is 0 Å². The molecule has 0 heterocycles. The zero-order chi connectivity index (χ0) is 13.0. The Morgan fingerprint density at radius 2 is 1.50 bits per heavy atom. The summed E-state index contributed by atoms with van der Waals surface area (Å²) in [4.78, 5) is 0. The van der Waals surface area contributed by atoms with Crippen molar-refractivity contribution in [3.8, 4) is 11.1 Å². The molecule has 0 saturated heterocycles. The van der Waals surface area contributed by atoms with E-state index in [-0.39, 0.29) is 0 Å². The molecule has 1 aliphatic carbocycles. The van der Waals surface area contributed by atoms with E-state index in [2.05, 4.69) is 70.8 Å². The highest BCUT2D eigenvalue weighted by Gasteiger charge is 2.23. The van der Waals surface area contributed by atoms with Crippen LogP contribution in [-0.4, -0.2) is 0 Å². The molecule has 3 rings (SSSR count). The van der Waals surface area contributed by atoms with Gasteiger partial charge in [0, 0.05) is 8.95 Å². The average Bonchev–Trinajstić information content (AvgIpc) is 2.64. The largest absolute Gasteiger partial charge is 0.0505 e. The summed E-state index contributed by atoms with van der Waals surface area (Å²) in [5, 5.41) is 0. The quantitative estimate of drug-likeness (QED) is 0.478. The normalized spacial score (nSPS) is 12.5. The highest BCUT2D eigenvalue weighted by Crippen LogP contribution is 2.43. The van der Waals surface area contributed by atoms with Crippen LogP contribution in [0.3, 0.4) is 0 Å². The van der Waals surface area contributed by atoms with Gasteiger partial charge in [-0.1, -0.05) is 37.9 Å². The maximum atomic E-state index is 3.66. The van der Waals surface area contributed by atoms with Gasteiger partial charge in [-0.05, 0) is 78.3 Å². The van der Waals surface area contributed by atoms with Gasteiger partial charge in [0.2, 0.25) is 0 Å². The van der Waals surface area contributed by atoms with E-state index < -0.39 is 0 Å². The number of fused-ring (bicyclic) bond motifs is 3. The fourth-order valence-corrected chi connectivity index (χ4v) is 3.73. The summed E-state index contributed by atoms with van der Waals surface area (Å²) in [6.07, 6.45) is 1.04. The number of hydrogen-bond donors (Lipinski definition) is 0. The molecular weight excluding hydrogens is 352 g/mol. The van der Waals surface area contributed by atoms with Crippen molar-refractivity contribution >= 4 is 31.9 Å². The molecule has 1 aliphatic rings. The molecule has 0 nitrogen and oxygen atoms in total. The number of rotatable bonds is 0. The van der Waals surface area contributed by atoms with Crippen molar-refractivity contribution in [3.05, 3.63) is 55.0 Å². The number of aryl methyl sites for hydroxylation is 1. The molecule has 0 bridgehead atoms. The predicted octanol–water partition coefficient (Wildman–Crippen LogP) is 5.71. The summed E-state index contributed by atoms with van der Waals surface area (Å²) in [5.41, 5.74) is 9.80. The lowest BCUT2D eigenvalue weighted by Gasteiger charge is -2.11. The minimum atomic E-state index is 1.04. The van der Waals surface area contributed by atoms with E-state index in [0.717, 1.165) is 6.42 Å². The summed E-state index contributed by atoms with van der Waals surface area (Å²) in [5.74, 6) is 0. The van der Waals surface area contributed by atoms with Crippen molar-refractivity contribution in [3.63, 3.8) is 0 Å². The van der Waals surface area contributed by atoms with Gasteiger partial charge in [-0.2, -0.15) is 0 Å². The zero-order valence-corrected chi connectivity index (χ0v) is 13.9. The second-order valence-electron chi connectivity index (χ2n) is 5.08. The maximum Gasteiger partial charge on any atom is 0.0210 e. The first-order valence-corrected chi connectivity index (χ1v) is 7.65. The predicted molar refractivity (Wildman–Crippen MR) is 84.3 cm³/mol. The fourth-order valence-electron chi connectivity index (χ4n) is 2.76. The van der Waals surface area contributed by atoms with Crippen LogP contribution in [0, 0.1) is 20.8 Å².